The van der Waals surface area contributed by atoms with Gasteiger partial charge >= 0.3 is 12.3 Å². The van der Waals surface area contributed by atoms with Gasteiger partial charge in [0, 0.05) is 0 Å². The van der Waals surface area contributed by atoms with E-state index in [-0.39, 0.29) is 18.3 Å². The standard InChI is InChI=1S/C20H21F3N2O4/c1-15(24-19(27)28-12-16-8-4-2-5-9-16)18(26)25(14-20(21,22)23)29-13-17-10-6-3-7-11-17/h2-11,15H,12-14H2,1H3,(H,24,27). The molecule has 9 heteroatoms. The zero-order valence-electron chi connectivity index (χ0n) is 15.7. The third-order valence-corrected chi connectivity index (χ3v) is 3.72. The van der Waals surface area contributed by atoms with Crippen molar-refractivity contribution in [1.29, 1.82) is 0 Å². The van der Waals surface area contributed by atoms with Crippen LogP contribution in [0.3, 0.4) is 0 Å². The van der Waals surface area contributed by atoms with Crippen molar-refractivity contribution in [2.75, 3.05) is 6.54 Å². The van der Waals surface area contributed by atoms with E-state index < -0.39 is 30.8 Å². The molecule has 2 rings (SSSR count). The fraction of sp³-hybridized carbons (Fsp3) is 0.300. The van der Waals surface area contributed by atoms with Crippen LogP contribution in [-0.4, -0.2) is 35.8 Å². The summed E-state index contributed by atoms with van der Waals surface area (Å²) in [5.41, 5.74) is 1.32. The van der Waals surface area contributed by atoms with Crippen molar-refractivity contribution in [3.8, 4) is 0 Å². The molecule has 0 aliphatic rings. The summed E-state index contributed by atoms with van der Waals surface area (Å²) < 4.78 is 43.5. The predicted molar refractivity (Wildman–Crippen MR) is 98.2 cm³/mol. The maximum atomic E-state index is 12.8. The van der Waals surface area contributed by atoms with Crippen molar-refractivity contribution < 1.29 is 32.3 Å². The van der Waals surface area contributed by atoms with Gasteiger partial charge in [-0.1, -0.05) is 60.7 Å². The first-order valence-corrected chi connectivity index (χ1v) is 8.77. The number of carbonyl (C=O) groups excluding carboxylic acids is 2. The first kappa shape index (κ1) is 22.2. The predicted octanol–water partition coefficient (Wildman–Crippen LogP) is 3.82. The zero-order chi connectivity index (χ0) is 21.3. The highest BCUT2D eigenvalue weighted by Crippen LogP contribution is 2.18. The number of rotatable bonds is 8. The molecule has 1 unspecified atom stereocenters. The number of benzene rings is 2. The van der Waals surface area contributed by atoms with Crippen molar-refractivity contribution >= 4 is 12.0 Å². The largest absolute Gasteiger partial charge is 0.445 e. The third kappa shape index (κ3) is 8.22. The molecule has 0 fully saturated rings. The van der Waals surface area contributed by atoms with Crippen LogP contribution in [0.5, 0.6) is 0 Å². The summed E-state index contributed by atoms with van der Waals surface area (Å²) in [4.78, 5) is 29.3. The minimum absolute atomic E-state index is 0.0373. The fourth-order valence-electron chi connectivity index (χ4n) is 2.30. The lowest BCUT2D eigenvalue weighted by Gasteiger charge is -2.26. The van der Waals surface area contributed by atoms with Gasteiger partial charge in [0.05, 0.1) is 0 Å². The number of nitrogens with one attached hydrogen (secondary N) is 1. The van der Waals surface area contributed by atoms with Gasteiger partial charge in [0.25, 0.3) is 5.91 Å². The van der Waals surface area contributed by atoms with Crippen molar-refractivity contribution in [2.45, 2.75) is 32.4 Å². The van der Waals surface area contributed by atoms with Crippen molar-refractivity contribution in [3.63, 3.8) is 0 Å². The number of alkyl halides is 3. The Morgan fingerprint density at radius 2 is 1.48 bits per heavy atom. The average Bonchev–Trinajstić information content (AvgIpc) is 2.69. The summed E-state index contributed by atoms with van der Waals surface area (Å²) >= 11 is 0. The fourth-order valence-corrected chi connectivity index (χ4v) is 2.30. The Balaban J connectivity index is 1.92. The van der Waals surface area contributed by atoms with Gasteiger partial charge in [0.2, 0.25) is 0 Å². The molecule has 0 aromatic heterocycles. The quantitative estimate of drug-likeness (QED) is 0.672. The van der Waals surface area contributed by atoms with Gasteiger partial charge in [0.1, 0.15) is 25.8 Å². The molecule has 6 nitrogen and oxygen atoms in total. The second kappa shape index (κ2) is 10.5. The highest BCUT2D eigenvalue weighted by atomic mass is 19.4. The lowest BCUT2D eigenvalue weighted by atomic mass is 10.2. The molecule has 0 heterocycles. The minimum atomic E-state index is -4.67. The number of ether oxygens (including phenoxy) is 1. The second-order valence-corrected chi connectivity index (χ2v) is 6.18. The van der Waals surface area contributed by atoms with Crippen LogP contribution < -0.4 is 5.32 Å². The van der Waals surface area contributed by atoms with Crippen LogP contribution in [0, 0.1) is 0 Å². The number of hydrogen-bond acceptors (Lipinski definition) is 4. The number of hydrogen-bond donors (Lipinski definition) is 1. The molecule has 0 bridgehead atoms. The molecule has 1 N–H and O–H groups in total. The van der Waals surface area contributed by atoms with E-state index in [1.165, 1.54) is 6.92 Å². The maximum Gasteiger partial charge on any atom is 0.408 e. The van der Waals surface area contributed by atoms with Crippen LogP contribution in [0.25, 0.3) is 0 Å². The molecule has 0 spiro atoms. The van der Waals surface area contributed by atoms with Gasteiger partial charge in [-0.2, -0.15) is 13.2 Å². The molecule has 0 saturated carbocycles. The van der Waals surface area contributed by atoms with Crippen LogP contribution in [0.4, 0.5) is 18.0 Å². The van der Waals surface area contributed by atoms with Crippen LogP contribution in [-0.2, 0) is 27.6 Å². The van der Waals surface area contributed by atoms with Crippen molar-refractivity contribution in [2.24, 2.45) is 0 Å². The molecular formula is C20H21F3N2O4. The topological polar surface area (TPSA) is 67.9 Å². The second-order valence-electron chi connectivity index (χ2n) is 6.18. The number of carbonyl (C=O) groups is 2. The van der Waals surface area contributed by atoms with Gasteiger partial charge in [-0.25, -0.2) is 9.86 Å². The minimum Gasteiger partial charge on any atom is -0.445 e. The number of hydroxylamine groups is 2. The molecule has 0 aliphatic heterocycles. The van der Waals surface area contributed by atoms with E-state index in [9.17, 15) is 22.8 Å². The summed E-state index contributed by atoms with van der Waals surface area (Å²) in [6, 6.07) is 16.0. The van der Waals surface area contributed by atoms with Crippen LogP contribution >= 0.6 is 0 Å². The molecule has 2 aromatic carbocycles. The highest BCUT2D eigenvalue weighted by molar-refractivity contribution is 5.84. The molecule has 2 amide bonds. The number of amides is 2. The maximum absolute atomic E-state index is 12.8. The van der Waals surface area contributed by atoms with Gasteiger partial charge in [-0.3, -0.25) is 9.63 Å². The van der Waals surface area contributed by atoms with Crippen LogP contribution in [0.1, 0.15) is 18.1 Å². The summed E-state index contributed by atoms with van der Waals surface area (Å²) in [6.07, 6.45) is -5.59. The van der Waals surface area contributed by atoms with Gasteiger partial charge in [0.15, 0.2) is 0 Å². The molecule has 2 aromatic rings. The van der Waals surface area contributed by atoms with E-state index in [1.807, 2.05) is 0 Å². The lowest BCUT2D eigenvalue weighted by Crippen LogP contribution is -2.49. The van der Waals surface area contributed by atoms with Gasteiger partial charge in [-0.05, 0) is 18.1 Å². The van der Waals surface area contributed by atoms with E-state index in [4.69, 9.17) is 9.57 Å². The van der Waals surface area contributed by atoms with E-state index in [0.29, 0.717) is 5.56 Å². The van der Waals surface area contributed by atoms with Gasteiger partial charge < -0.3 is 10.1 Å². The lowest BCUT2D eigenvalue weighted by molar-refractivity contribution is -0.238. The smallest absolute Gasteiger partial charge is 0.408 e. The molecule has 29 heavy (non-hydrogen) atoms. The Hall–Kier alpha value is -3.07. The molecule has 0 aliphatic carbocycles. The summed E-state index contributed by atoms with van der Waals surface area (Å²) in [5, 5.41) is 2.42. The van der Waals surface area contributed by atoms with Gasteiger partial charge in [-0.15, -0.1) is 0 Å². The number of nitrogens with zero attached hydrogens (tertiary/aromatic N) is 1. The molecule has 0 radical (unpaired) electrons. The first-order valence-electron chi connectivity index (χ1n) is 8.77. The van der Waals surface area contributed by atoms with E-state index in [2.05, 4.69) is 5.32 Å². The first-order chi connectivity index (χ1) is 13.7. The highest BCUT2D eigenvalue weighted by Gasteiger charge is 2.36. The monoisotopic (exact) mass is 410 g/mol. The van der Waals surface area contributed by atoms with E-state index in [0.717, 1.165) is 5.56 Å². The summed E-state index contributed by atoms with van der Waals surface area (Å²) in [5.74, 6) is -1.05. The van der Waals surface area contributed by atoms with Crippen LogP contribution in [0.15, 0.2) is 60.7 Å². The molecule has 156 valence electrons. The average molecular weight is 410 g/mol. The Morgan fingerprint density at radius 1 is 0.966 bits per heavy atom. The Bertz CT molecular complexity index is 785. The summed E-state index contributed by atoms with van der Waals surface area (Å²) in [7, 11) is 0. The van der Waals surface area contributed by atoms with E-state index in [1.54, 1.807) is 60.7 Å². The molecule has 0 saturated heterocycles. The molecule has 1 atom stereocenters. The summed E-state index contributed by atoms with van der Waals surface area (Å²) in [6.45, 7) is -0.622. The molecular weight excluding hydrogens is 389 g/mol. The number of alkyl carbamates (subject to hydrolysis) is 1. The zero-order valence-corrected chi connectivity index (χ0v) is 15.7. The Morgan fingerprint density at radius 3 is 2.00 bits per heavy atom. The third-order valence-electron chi connectivity index (χ3n) is 3.72. The Kier molecular flexibility index (Phi) is 8.02. The Labute approximate surface area is 166 Å². The normalized spacial score (nSPS) is 12.1. The SMILES string of the molecule is CC(NC(=O)OCc1ccccc1)C(=O)N(CC(F)(F)F)OCc1ccccc1. The number of halogens is 3. The van der Waals surface area contributed by atoms with Crippen molar-refractivity contribution in [3.05, 3.63) is 71.8 Å². The van der Waals surface area contributed by atoms with E-state index >= 15 is 0 Å². The van der Waals surface area contributed by atoms with Crippen molar-refractivity contribution in [1.82, 2.24) is 10.4 Å². The van der Waals surface area contributed by atoms with Crippen LogP contribution in [0.2, 0.25) is 0 Å².